The number of benzene rings is 1. The fraction of sp³-hybridized carbons (Fsp3) is 0.333. The highest BCUT2D eigenvalue weighted by Gasteiger charge is 2.27. The standard InChI is InChI=1S/C12H13N/c1-2-4-11-9(3-1)7-10-8-13-6-5-12(10)11/h1-4,8,12-13H,5-7H2. The van der Waals surface area contributed by atoms with E-state index < -0.39 is 0 Å². The van der Waals surface area contributed by atoms with Gasteiger partial charge < -0.3 is 5.32 Å². The van der Waals surface area contributed by atoms with Crippen molar-refractivity contribution in [3.8, 4) is 0 Å². The van der Waals surface area contributed by atoms with Crippen molar-refractivity contribution in [3.63, 3.8) is 0 Å². The first-order valence-corrected chi connectivity index (χ1v) is 4.95. The van der Waals surface area contributed by atoms with Crippen molar-refractivity contribution in [2.45, 2.75) is 18.8 Å². The molecule has 1 nitrogen and oxygen atoms in total. The summed E-state index contributed by atoms with van der Waals surface area (Å²) in [6, 6.07) is 8.84. The summed E-state index contributed by atoms with van der Waals surface area (Å²) in [7, 11) is 0. The zero-order chi connectivity index (χ0) is 8.67. The maximum Gasteiger partial charge on any atom is 0.0150 e. The van der Waals surface area contributed by atoms with Crippen molar-refractivity contribution >= 4 is 0 Å². The predicted octanol–water partition coefficient (Wildman–Crippen LogP) is 2.20. The zero-order valence-corrected chi connectivity index (χ0v) is 7.59. The van der Waals surface area contributed by atoms with Crippen LogP contribution in [0.1, 0.15) is 23.5 Å². The number of nitrogens with one attached hydrogen (secondary N) is 1. The van der Waals surface area contributed by atoms with Crippen molar-refractivity contribution in [2.75, 3.05) is 6.54 Å². The topological polar surface area (TPSA) is 12.0 Å². The van der Waals surface area contributed by atoms with Gasteiger partial charge in [-0.15, -0.1) is 0 Å². The molecule has 0 saturated heterocycles. The highest BCUT2D eigenvalue weighted by molar-refractivity contribution is 5.46. The second kappa shape index (κ2) is 2.63. The monoisotopic (exact) mass is 171 g/mol. The summed E-state index contributed by atoms with van der Waals surface area (Å²) in [4.78, 5) is 0. The van der Waals surface area contributed by atoms with Crippen LogP contribution < -0.4 is 5.32 Å². The van der Waals surface area contributed by atoms with Gasteiger partial charge in [-0.3, -0.25) is 0 Å². The Morgan fingerprint density at radius 2 is 2.15 bits per heavy atom. The summed E-state index contributed by atoms with van der Waals surface area (Å²) in [6.07, 6.45) is 4.64. The van der Waals surface area contributed by atoms with Crippen LogP contribution >= 0.6 is 0 Å². The molecule has 1 aliphatic heterocycles. The van der Waals surface area contributed by atoms with Crippen molar-refractivity contribution in [3.05, 3.63) is 47.2 Å². The molecule has 1 unspecified atom stereocenters. The molecule has 2 aliphatic rings. The SMILES string of the molecule is C1=C2Cc3ccccc3C2CCN1. The van der Waals surface area contributed by atoms with Gasteiger partial charge in [0.15, 0.2) is 0 Å². The number of allylic oxidation sites excluding steroid dienone is 1. The summed E-state index contributed by atoms with van der Waals surface area (Å²) in [5.41, 5.74) is 4.67. The number of hydrogen-bond donors (Lipinski definition) is 1. The average molecular weight is 171 g/mol. The van der Waals surface area contributed by atoms with Crippen molar-refractivity contribution < 1.29 is 0 Å². The maximum atomic E-state index is 3.33. The third-order valence-corrected chi connectivity index (χ3v) is 3.14. The molecule has 0 fully saturated rings. The highest BCUT2D eigenvalue weighted by Crippen LogP contribution is 2.40. The van der Waals surface area contributed by atoms with Gasteiger partial charge in [-0.2, -0.15) is 0 Å². The van der Waals surface area contributed by atoms with Gasteiger partial charge in [-0.05, 0) is 35.7 Å². The van der Waals surface area contributed by atoms with E-state index in [1.165, 1.54) is 12.0 Å². The molecule has 0 saturated carbocycles. The number of rotatable bonds is 0. The third kappa shape index (κ3) is 0.998. The Morgan fingerprint density at radius 1 is 1.23 bits per heavy atom. The van der Waals surface area contributed by atoms with E-state index in [0.717, 1.165) is 18.9 Å². The first-order valence-electron chi connectivity index (χ1n) is 4.95. The van der Waals surface area contributed by atoms with Crippen molar-refractivity contribution in [1.29, 1.82) is 0 Å². The molecular formula is C12H13N. The maximum absolute atomic E-state index is 3.33. The minimum atomic E-state index is 0.720. The Labute approximate surface area is 78.5 Å². The van der Waals surface area contributed by atoms with E-state index in [4.69, 9.17) is 0 Å². The zero-order valence-electron chi connectivity index (χ0n) is 7.59. The molecule has 0 spiro atoms. The van der Waals surface area contributed by atoms with Gasteiger partial charge in [0.05, 0.1) is 0 Å². The normalized spacial score (nSPS) is 24.3. The molecular weight excluding hydrogens is 158 g/mol. The van der Waals surface area contributed by atoms with Crippen LogP contribution in [0.2, 0.25) is 0 Å². The third-order valence-electron chi connectivity index (χ3n) is 3.14. The molecule has 1 heteroatoms. The van der Waals surface area contributed by atoms with Gasteiger partial charge >= 0.3 is 0 Å². The average Bonchev–Trinajstić information content (AvgIpc) is 2.56. The Hall–Kier alpha value is -1.24. The first kappa shape index (κ1) is 7.19. The molecule has 0 aromatic heterocycles. The molecule has 1 atom stereocenters. The Kier molecular flexibility index (Phi) is 1.45. The first-order chi connectivity index (χ1) is 6.45. The molecule has 1 N–H and O–H groups in total. The van der Waals surface area contributed by atoms with Gasteiger partial charge in [0.1, 0.15) is 0 Å². The summed E-state index contributed by atoms with van der Waals surface area (Å²) in [5.74, 6) is 0.720. The summed E-state index contributed by atoms with van der Waals surface area (Å²) >= 11 is 0. The second-order valence-corrected chi connectivity index (χ2v) is 3.89. The minimum absolute atomic E-state index is 0.720. The van der Waals surface area contributed by atoms with E-state index in [-0.39, 0.29) is 0 Å². The van der Waals surface area contributed by atoms with Crippen LogP contribution in [0.5, 0.6) is 0 Å². The van der Waals surface area contributed by atoms with Crippen LogP contribution in [0.3, 0.4) is 0 Å². The van der Waals surface area contributed by atoms with E-state index in [1.807, 2.05) is 0 Å². The lowest BCUT2D eigenvalue weighted by atomic mass is 9.93. The highest BCUT2D eigenvalue weighted by atomic mass is 14.8. The van der Waals surface area contributed by atoms with Gasteiger partial charge in [0, 0.05) is 12.5 Å². The lowest BCUT2D eigenvalue weighted by molar-refractivity contribution is 0.636. The van der Waals surface area contributed by atoms with Gasteiger partial charge in [0.2, 0.25) is 0 Å². The van der Waals surface area contributed by atoms with Crippen LogP contribution in [0.4, 0.5) is 0 Å². The molecule has 1 aromatic carbocycles. The minimum Gasteiger partial charge on any atom is -0.391 e. The molecule has 66 valence electrons. The van der Waals surface area contributed by atoms with E-state index in [9.17, 15) is 0 Å². The number of hydrogen-bond acceptors (Lipinski definition) is 1. The van der Waals surface area contributed by atoms with Crippen LogP contribution in [0, 0.1) is 0 Å². The van der Waals surface area contributed by atoms with E-state index >= 15 is 0 Å². The summed E-state index contributed by atoms with van der Waals surface area (Å²) < 4.78 is 0. The molecule has 1 aromatic rings. The molecule has 1 heterocycles. The molecule has 1 aliphatic carbocycles. The Bertz CT molecular complexity index is 365. The predicted molar refractivity (Wildman–Crippen MR) is 53.6 cm³/mol. The van der Waals surface area contributed by atoms with Crippen LogP contribution in [0.25, 0.3) is 0 Å². The molecule has 0 amide bonds. The smallest absolute Gasteiger partial charge is 0.0150 e. The van der Waals surface area contributed by atoms with Gasteiger partial charge in [-0.1, -0.05) is 24.3 Å². The lowest BCUT2D eigenvalue weighted by Gasteiger charge is -2.19. The van der Waals surface area contributed by atoms with Crippen LogP contribution in [-0.2, 0) is 6.42 Å². The van der Waals surface area contributed by atoms with E-state index in [1.54, 1.807) is 11.1 Å². The Morgan fingerprint density at radius 3 is 3.15 bits per heavy atom. The second-order valence-electron chi connectivity index (χ2n) is 3.89. The Balaban J connectivity index is 2.12. The molecule has 3 rings (SSSR count). The fourth-order valence-corrected chi connectivity index (χ4v) is 2.50. The van der Waals surface area contributed by atoms with E-state index in [0.29, 0.717) is 0 Å². The molecule has 0 bridgehead atoms. The van der Waals surface area contributed by atoms with Crippen LogP contribution in [0.15, 0.2) is 36.0 Å². The lowest BCUT2D eigenvalue weighted by Crippen LogP contribution is -2.18. The van der Waals surface area contributed by atoms with Gasteiger partial charge in [0.25, 0.3) is 0 Å². The summed E-state index contributed by atoms with van der Waals surface area (Å²) in [5, 5.41) is 3.33. The van der Waals surface area contributed by atoms with Crippen molar-refractivity contribution in [2.24, 2.45) is 0 Å². The van der Waals surface area contributed by atoms with Gasteiger partial charge in [-0.25, -0.2) is 0 Å². The van der Waals surface area contributed by atoms with Crippen LogP contribution in [-0.4, -0.2) is 6.54 Å². The molecule has 13 heavy (non-hydrogen) atoms. The summed E-state index contributed by atoms with van der Waals surface area (Å²) in [6.45, 7) is 1.13. The molecule has 0 radical (unpaired) electrons. The van der Waals surface area contributed by atoms with E-state index in [2.05, 4.69) is 35.8 Å². The largest absolute Gasteiger partial charge is 0.391 e. The quantitative estimate of drug-likeness (QED) is 0.631. The number of fused-ring (bicyclic) bond motifs is 3. The van der Waals surface area contributed by atoms with Crippen molar-refractivity contribution in [1.82, 2.24) is 5.32 Å². The fourth-order valence-electron chi connectivity index (χ4n) is 2.50.